The molecule has 0 unspecified atom stereocenters. The smallest absolute Gasteiger partial charge is 0.337 e. The Hall–Kier alpha value is -1.88. The molecule has 0 heterocycles. The van der Waals surface area contributed by atoms with Crippen LogP contribution < -0.4 is 0 Å². The predicted molar refractivity (Wildman–Crippen MR) is 73.7 cm³/mol. The summed E-state index contributed by atoms with van der Waals surface area (Å²) in [6.45, 7) is 0. The third-order valence-electron chi connectivity index (χ3n) is 2.67. The monoisotopic (exact) mass is 294 g/mol. The summed E-state index contributed by atoms with van der Waals surface area (Å²) >= 11 is 1.39. The summed E-state index contributed by atoms with van der Waals surface area (Å²) in [7, 11) is 1.33. The van der Waals surface area contributed by atoms with Crippen LogP contribution in [0.3, 0.4) is 0 Å². The SMILES string of the molecule is COC(=O)c1ccc(CSc2ccc(F)c(F)c2)cc1. The van der Waals surface area contributed by atoms with E-state index in [0.29, 0.717) is 16.2 Å². The van der Waals surface area contributed by atoms with E-state index in [1.54, 1.807) is 24.3 Å². The van der Waals surface area contributed by atoms with Crippen LogP contribution in [0.5, 0.6) is 0 Å². The predicted octanol–water partition coefficient (Wildman–Crippen LogP) is 4.04. The van der Waals surface area contributed by atoms with E-state index in [4.69, 9.17) is 0 Å². The molecule has 0 bridgehead atoms. The molecule has 2 aromatic carbocycles. The third kappa shape index (κ3) is 3.57. The van der Waals surface area contributed by atoms with Crippen molar-refractivity contribution < 1.29 is 18.3 Å². The highest BCUT2D eigenvalue weighted by atomic mass is 32.2. The number of esters is 1. The molecule has 5 heteroatoms. The number of thioether (sulfide) groups is 1. The van der Waals surface area contributed by atoms with Crippen molar-refractivity contribution in [1.29, 1.82) is 0 Å². The van der Waals surface area contributed by atoms with Gasteiger partial charge in [0.15, 0.2) is 11.6 Å². The molecule has 2 rings (SSSR count). The molecule has 20 heavy (non-hydrogen) atoms. The van der Waals surface area contributed by atoms with Gasteiger partial charge in [-0.15, -0.1) is 11.8 Å². The summed E-state index contributed by atoms with van der Waals surface area (Å²) in [4.78, 5) is 11.9. The van der Waals surface area contributed by atoms with Crippen molar-refractivity contribution in [2.24, 2.45) is 0 Å². The number of benzene rings is 2. The lowest BCUT2D eigenvalue weighted by molar-refractivity contribution is 0.0600. The molecule has 0 amide bonds. The zero-order valence-electron chi connectivity index (χ0n) is 10.7. The van der Waals surface area contributed by atoms with Crippen LogP contribution in [0.4, 0.5) is 8.78 Å². The van der Waals surface area contributed by atoms with Crippen molar-refractivity contribution in [3.8, 4) is 0 Å². The van der Waals surface area contributed by atoms with Gasteiger partial charge in [-0.3, -0.25) is 0 Å². The number of hydrogen-bond donors (Lipinski definition) is 0. The molecular formula is C15H12F2O2S. The number of halogens is 2. The van der Waals surface area contributed by atoms with Crippen LogP contribution in [0.1, 0.15) is 15.9 Å². The first-order valence-corrected chi connectivity index (χ1v) is 6.84. The van der Waals surface area contributed by atoms with Crippen LogP contribution in [0.2, 0.25) is 0 Å². The van der Waals surface area contributed by atoms with Gasteiger partial charge in [-0.1, -0.05) is 12.1 Å². The van der Waals surface area contributed by atoms with Gasteiger partial charge < -0.3 is 4.74 Å². The van der Waals surface area contributed by atoms with Gasteiger partial charge in [0.05, 0.1) is 12.7 Å². The van der Waals surface area contributed by atoms with E-state index in [1.807, 2.05) is 0 Å². The zero-order chi connectivity index (χ0) is 14.5. The molecule has 0 spiro atoms. The van der Waals surface area contributed by atoms with Gasteiger partial charge in [0, 0.05) is 10.6 Å². The van der Waals surface area contributed by atoms with Gasteiger partial charge in [-0.25, -0.2) is 13.6 Å². The van der Waals surface area contributed by atoms with E-state index < -0.39 is 11.6 Å². The number of methoxy groups -OCH3 is 1. The lowest BCUT2D eigenvalue weighted by atomic mass is 10.1. The van der Waals surface area contributed by atoms with Crippen LogP contribution in [0.15, 0.2) is 47.4 Å². The molecule has 0 N–H and O–H groups in total. The molecule has 0 saturated heterocycles. The van der Waals surface area contributed by atoms with Crippen molar-refractivity contribution >= 4 is 17.7 Å². The second-order valence-electron chi connectivity index (χ2n) is 4.05. The Morgan fingerprint density at radius 3 is 2.40 bits per heavy atom. The summed E-state index contributed by atoms with van der Waals surface area (Å²) in [5, 5.41) is 0. The molecule has 0 aliphatic carbocycles. The van der Waals surface area contributed by atoms with Crippen molar-refractivity contribution in [2.45, 2.75) is 10.6 Å². The Labute approximate surface area is 119 Å². The van der Waals surface area contributed by atoms with Crippen LogP contribution in [-0.2, 0) is 10.5 Å². The molecule has 0 saturated carbocycles. The minimum absolute atomic E-state index is 0.384. The number of hydrogen-bond acceptors (Lipinski definition) is 3. The fourth-order valence-electron chi connectivity index (χ4n) is 1.59. The van der Waals surface area contributed by atoms with E-state index >= 15 is 0 Å². The van der Waals surface area contributed by atoms with Gasteiger partial charge >= 0.3 is 5.97 Å². The molecule has 0 radical (unpaired) electrons. The molecule has 0 aromatic heterocycles. The van der Waals surface area contributed by atoms with Gasteiger partial charge in [-0.2, -0.15) is 0 Å². The first-order chi connectivity index (χ1) is 9.60. The highest BCUT2D eigenvalue weighted by Crippen LogP contribution is 2.24. The number of ether oxygens (including phenoxy) is 1. The Morgan fingerprint density at radius 2 is 1.80 bits per heavy atom. The average molecular weight is 294 g/mol. The minimum atomic E-state index is -0.851. The molecule has 0 fully saturated rings. The second kappa shape index (κ2) is 6.52. The van der Waals surface area contributed by atoms with E-state index in [0.717, 1.165) is 11.6 Å². The highest BCUT2D eigenvalue weighted by Gasteiger charge is 2.06. The highest BCUT2D eigenvalue weighted by molar-refractivity contribution is 7.98. The standard InChI is InChI=1S/C15H12F2O2S/c1-19-15(18)11-4-2-10(3-5-11)9-20-12-6-7-13(16)14(17)8-12/h2-8H,9H2,1H3. The largest absolute Gasteiger partial charge is 0.465 e. The summed E-state index contributed by atoms with van der Waals surface area (Å²) < 4.78 is 30.4. The summed E-state index contributed by atoms with van der Waals surface area (Å²) in [5.41, 5.74) is 1.46. The van der Waals surface area contributed by atoms with Gasteiger partial charge in [0.25, 0.3) is 0 Å². The normalized spacial score (nSPS) is 10.3. The van der Waals surface area contributed by atoms with E-state index in [9.17, 15) is 13.6 Å². The van der Waals surface area contributed by atoms with Crippen LogP contribution in [0.25, 0.3) is 0 Å². The van der Waals surface area contributed by atoms with E-state index in [1.165, 1.54) is 31.0 Å². The Morgan fingerprint density at radius 1 is 1.10 bits per heavy atom. The fraction of sp³-hybridized carbons (Fsp3) is 0.133. The second-order valence-corrected chi connectivity index (χ2v) is 5.10. The summed E-state index contributed by atoms with van der Waals surface area (Å²) in [6, 6.07) is 10.8. The van der Waals surface area contributed by atoms with Crippen molar-refractivity contribution in [3.63, 3.8) is 0 Å². The Balaban J connectivity index is 2.00. The van der Waals surface area contributed by atoms with Crippen molar-refractivity contribution in [3.05, 3.63) is 65.2 Å². The molecule has 2 nitrogen and oxygen atoms in total. The Bertz CT molecular complexity index is 612. The molecule has 0 aliphatic rings. The maximum absolute atomic E-state index is 13.0. The summed E-state index contributed by atoms with van der Waals surface area (Å²) in [6.07, 6.45) is 0. The quantitative estimate of drug-likeness (QED) is 0.629. The fourth-order valence-corrected chi connectivity index (χ4v) is 2.47. The number of carbonyl (C=O) groups excluding carboxylic acids is 1. The molecule has 0 aliphatic heterocycles. The lowest BCUT2D eigenvalue weighted by Crippen LogP contribution is -2.00. The van der Waals surface area contributed by atoms with Crippen molar-refractivity contribution in [1.82, 2.24) is 0 Å². The maximum Gasteiger partial charge on any atom is 0.337 e. The van der Waals surface area contributed by atoms with Gasteiger partial charge in [0.1, 0.15) is 0 Å². The topological polar surface area (TPSA) is 26.3 Å². The molecular weight excluding hydrogens is 282 g/mol. The molecule has 2 aromatic rings. The first-order valence-electron chi connectivity index (χ1n) is 5.85. The maximum atomic E-state index is 13.0. The number of carbonyl (C=O) groups is 1. The average Bonchev–Trinajstić information content (AvgIpc) is 2.48. The summed E-state index contributed by atoms with van der Waals surface area (Å²) in [5.74, 6) is -1.48. The van der Waals surface area contributed by atoms with Crippen molar-refractivity contribution in [2.75, 3.05) is 7.11 Å². The van der Waals surface area contributed by atoms with Gasteiger partial charge in [0.2, 0.25) is 0 Å². The third-order valence-corrected chi connectivity index (χ3v) is 3.74. The van der Waals surface area contributed by atoms with E-state index in [2.05, 4.69) is 4.74 Å². The molecule has 0 atom stereocenters. The first kappa shape index (κ1) is 14.5. The van der Waals surface area contributed by atoms with E-state index in [-0.39, 0.29) is 5.97 Å². The minimum Gasteiger partial charge on any atom is -0.465 e. The van der Waals surface area contributed by atoms with Crippen LogP contribution in [-0.4, -0.2) is 13.1 Å². The van der Waals surface area contributed by atoms with Crippen LogP contribution in [0, 0.1) is 11.6 Å². The Kier molecular flexibility index (Phi) is 4.74. The number of rotatable bonds is 4. The van der Waals surface area contributed by atoms with Crippen LogP contribution >= 0.6 is 11.8 Å². The lowest BCUT2D eigenvalue weighted by Gasteiger charge is -2.04. The molecule has 104 valence electrons. The van der Waals surface area contributed by atoms with Gasteiger partial charge in [-0.05, 0) is 35.9 Å². The zero-order valence-corrected chi connectivity index (χ0v) is 11.5.